The lowest BCUT2D eigenvalue weighted by atomic mass is 10.0. The van der Waals surface area contributed by atoms with E-state index >= 15 is 0 Å². The molecule has 0 bridgehead atoms. The topological polar surface area (TPSA) is 75.5 Å². The van der Waals surface area contributed by atoms with Crippen LogP contribution >= 0.6 is 0 Å². The molecule has 8 heteroatoms. The lowest BCUT2D eigenvalue weighted by Gasteiger charge is -2.33. The molecule has 162 valence electrons. The van der Waals surface area contributed by atoms with E-state index in [-0.39, 0.29) is 5.91 Å². The third-order valence-electron chi connectivity index (χ3n) is 5.60. The minimum absolute atomic E-state index is 0.134. The Morgan fingerprint density at radius 3 is 2.19 bits per heavy atom. The summed E-state index contributed by atoms with van der Waals surface area (Å²) in [6.07, 6.45) is 3.91. The van der Waals surface area contributed by atoms with E-state index < -0.39 is 10.0 Å². The molecule has 0 saturated carbocycles. The van der Waals surface area contributed by atoms with E-state index in [0.717, 1.165) is 17.7 Å². The molecular weight excluding hydrogens is 412 g/mol. The summed E-state index contributed by atoms with van der Waals surface area (Å²) in [5.41, 5.74) is 4.11. The van der Waals surface area contributed by atoms with Crippen molar-refractivity contribution in [1.29, 1.82) is 0 Å². The van der Waals surface area contributed by atoms with E-state index in [9.17, 15) is 13.2 Å². The molecule has 1 amide bonds. The van der Waals surface area contributed by atoms with Crippen molar-refractivity contribution in [1.82, 2.24) is 19.0 Å². The molecule has 0 radical (unpaired) electrons. The number of aryl methyl sites for hydroxylation is 1. The lowest BCUT2D eigenvalue weighted by molar-refractivity contribution is 0.0699. The number of aromatic nitrogens is 2. The van der Waals surface area contributed by atoms with Gasteiger partial charge in [-0.25, -0.2) is 13.1 Å². The van der Waals surface area contributed by atoms with Gasteiger partial charge in [-0.15, -0.1) is 0 Å². The zero-order valence-corrected chi connectivity index (χ0v) is 18.5. The fourth-order valence-electron chi connectivity index (χ4n) is 3.75. The normalized spacial score (nSPS) is 15.2. The number of piperazine rings is 1. The van der Waals surface area contributed by atoms with Gasteiger partial charge in [-0.1, -0.05) is 49.4 Å². The van der Waals surface area contributed by atoms with Crippen LogP contribution in [0.3, 0.4) is 0 Å². The molecule has 0 spiro atoms. The number of rotatable bonds is 5. The highest BCUT2D eigenvalue weighted by molar-refractivity contribution is 7.88. The molecule has 31 heavy (non-hydrogen) atoms. The van der Waals surface area contributed by atoms with Gasteiger partial charge in [-0.05, 0) is 24.1 Å². The Balaban J connectivity index is 1.68. The van der Waals surface area contributed by atoms with Crippen LogP contribution in [0.25, 0.3) is 16.9 Å². The van der Waals surface area contributed by atoms with Crippen LogP contribution in [0.1, 0.15) is 22.8 Å². The average Bonchev–Trinajstić information content (AvgIpc) is 3.24. The summed E-state index contributed by atoms with van der Waals surface area (Å²) in [5.74, 6) is -0.134. The van der Waals surface area contributed by atoms with Crippen LogP contribution in [0.4, 0.5) is 0 Å². The van der Waals surface area contributed by atoms with Gasteiger partial charge in [-0.2, -0.15) is 9.40 Å². The first kappa shape index (κ1) is 21.3. The second-order valence-electron chi connectivity index (χ2n) is 7.68. The summed E-state index contributed by atoms with van der Waals surface area (Å²) in [7, 11) is -3.25. The van der Waals surface area contributed by atoms with Gasteiger partial charge in [0.05, 0.1) is 17.5 Å². The Morgan fingerprint density at radius 1 is 0.968 bits per heavy atom. The maximum absolute atomic E-state index is 13.4. The molecule has 2 heterocycles. The van der Waals surface area contributed by atoms with Crippen LogP contribution in [-0.2, 0) is 16.4 Å². The molecule has 0 atom stereocenters. The molecule has 1 saturated heterocycles. The minimum Gasteiger partial charge on any atom is -0.336 e. The Morgan fingerprint density at radius 2 is 1.61 bits per heavy atom. The number of amides is 1. The number of carbonyl (C=O) groups excluding carboxylic acids is 1. The molecule has 1 aromatic heterocycles. The molecule has 1 fully saturated rings. The molecule has 0 unspecified atom stereocenters. The van der Waals surface area contributed by atoms with Gasteiger partial charge in [0, 0.05) is 37.9 Å². The standard InChI is InChI=1S/C23H26N4O3S/c1-3-18-9-11-19(12-10-18)22-21(17-27(24-22)20-7-5-4-6-8-20)23(28)25-13-15-26(16-14-25)31(2,29)30/h4-12,17H,3,13-16H2,1-2H3. The Bertz CT molecular complexity index is 1160. The van der Waals surface area contributed by atoms with Gasteiger partial charge in [0.25, 0.3) is 5.91 Å². The molecule has 1 aliphatic heterocycles. The predicted molar refractivity (Wildman–Crippen MR) is 121 cm³/mol. The summed E-state index contributed by atoms with van der Waals surface area (Å²) >= 11 is 0. The number of para-hydroxylation sites is 1. The summed E-state index contributed by atoms with van der Waals surface area (Å²) in [6.45, 7) is 3.42. The van der Waals surface area contributed by atoms with Crippen LogP contribution in [0.2, 0.25) is 0 Å². The van der Waals surface area contributed by atoms with Crippen molar-refractivity contribution in [2.24, 2.45) is 0 Å². The van der Waals surface area contributed by atoms with Gasteiger partial charge < -0.3 is 4.90 Å². The van der Waals surface area contributed by atoms with Crippen molar-refractivity contribution < 1.29 is 13.2 Å². The summed E-state index contributed by atoms with van der Waals surface area (Å²) in [6, 6.07) is 17.8. The van der Waals surface area contributed by atoms with Crippen molar-refractivity contribution in [3.8, 4) is 16.9 Å². The summed E-state index contributed by atoms with van der Waals surface area (Å²) in [5, 5.41) is 4.74. The van der Waals surface area contributed by atoms with E-state index in [2.05, 4.69) is 19.1 Å². The van der Waals surface area contributed by atoms with Crippen LogP contribution in [0.5, 0.6) is 0 Å². The molecule has 2 aromatic carbocycles. The molecule has 0 N–H and O–H groups in total. The first-order valence-corrected chi connectivity index (χ1v) is 12.2. The highest BCUT2D eigenvalue weighted by Gasteiger charge is 2.29. The van der Waals surface area contributed by atoms with E-state index in [4.69, 9.17) is 5.10 Å². The second kappa shape index (κ2) is 8.64. The molecule has 1 aliphatic rings. The van der Waals surface area contributed by atoms with Crippen molar-refractivity contribution >= 4 is 15.9 Å². The average molecular weight is 439 g/mol. The van der Waals surface area contributed by atoms with Gasteiger partial charge in [-0.3, -0.25) is 4.79 Å². The SMILES string of the molecule is CCc1ccc(-c2nn(-c3ccccc3)cc2C(=O)N2CCN(S(C)(=O)=O)CC2)cc1. The zero-order valence-electron chi connectivity index (χ0n) is 17.7. The van der Waals surface area contributed by atoms with Gasteiger partial charge in [0.15, 0.2) is 0 Å². The highest BCUT2D eigenvalue weighted by Crippen LogP contribution is 2.26. The van der Waals surface area contributed by atoms with Crippen LogP contribution in [0, 0.1) is 0 Å². The monoisotopic (exact) mass is 438 g/mol. The van der Waals surface area contributed by atoms with Crippen molar-refractivity contribution in [3.05, 3.63) is 71.9 Å². The Labute approximate surface area is 183 Å². The van der Waals surface area contributed by atoms with E-state index in [1.54, 1.807) is 15.8 Å². The van der Waals surface area contributed by atoms with Gasteiger partial charge in [0.1, 0.15) is 5.69 Å². The molecule has 7 nitrogen and oxygen atoms in total. The van der Waals surface area contributed by atoms with Crippen LogP contribution in [0.15, 0.2) is 60.8 Å². The first-order valence-electron chi connectivity index (χ1n) is 10.4. The Hall–Kier alpha value is -2.97. The first-order chi connectivity index (χ1) is 14.9. The van der Waals surface area contributed by atoms with Crippen LogP contribution < -0.4 is 0 Å². The number of hydrogen-bond donors (Lipinski definition) is 0. The molecular formula is C23H26N4O3S. The second-order valence-corrected chi connectivity index (χ2v) is 9.66. The quantitative estimate of drug-likeness (QED) is 0.614. The zero-order chi connectivity index (χ0) is 22.0. The molecule has 4 rings (SSSR count). The maximum Gasteiger partial charge on any atom is 0.257 e. The summed E-state index contributed by atoms with van der Waals surface area (Å²) in [4.78, 5) is 15.1. The third kappa shape index (κ3) is 4.55. The number of sulfonamides is 1. The van der Waals surface area contributed by atoms with Crippen molar-refractivity contribution in [2.75, 3.05) is 32.4 Å². The van der Waals surface area contributed by atoms with E-state index in [0.29, 0.717) is 37.4 Å². The number of hydrogen-bond acceptors (Lipinski definition) is 4. The lowest BCUT2D eigenvalue weighted by Crippen LogP contribution is -2.50. The van der Waals surface area contributed by atoms with Crippen molar-refractivity contribution in [2.45, 2.75) is 13.3 Å². The van der Waals surface area contributed by atoms with Gasteiger partial charge >= 0.3 is 0 Å². The predicted octanol–water partition coefficient (Wildman–Crippen LogP) is 2.82. The summed E-state index contributed by atoms with van der Waals surface area (Å²) < 4.78 is 26.7. The largest absolute Gasteiger partial charge is 0.336 e. The minimum atomic E-state index is -3.25. The number of benzene rings is 2. The molecule has 3 aromatic rings. The Kier molecular flexibility index (Phi) is 5.93. The number of carbonyl (C=O) groups is 1. The van der Waals surface area contributed by atoms with E-state index in [1.807, 2.05) is 42.5 Å². The fourth-order valence-corrected chi connectivity index (χ4v) is 4.57. The van der Waals surface area contributed by atoms with E-state index in [1.165, 1.54) is 16.1 Å². The van der Waals surface area contributed by atoms with Crippen LogP contribution in [-0.4, -0.2) is 65.7 Å². The highest BCUT2D eigenvalue weighted by atomic mass is 32.2. The van der Waals surface area contributed by atoms with Crippen molar-refractivity contribution in [3.63, 3.8) is 0 Å². The van der Waals surface area contributed by atoms with Gasteiger partial charge in [0.2, 0.25) is 10.0 Å². The fraction of sp³-hybridized carbons (Fsp3) is 0.304. The molecule has 0 aliphatic carbocycles. The third-order valence-corrected chi connectivity index (χ3v) is 6.90. The maximum atomic E-state index is 13.4. The number of nitrogens with zero attached hydrogens (tertiary/aromatic N) is 4. The smallest absolute Gasteiger partial charge is 0.257 e.